The molecular formula is C21H16IN5OS. The van der Waals surface area contributed by atoms with Gasteiger partial charge in [-0.2, -0.15) is 0 Å². The lowest BCUT2D eigenvalue weighted by molar-refractivity contribution is -0.113. The quantitative estimate of drug-likeness (QED) is 0.300. The number of carbonyl (C=O) groups is 1. The van der Waals surface area contributed by atoms with Crippen LogP contribution in [0.3, 0.4) is 0 Å². The van der Waals surface area contributed by atoms with Gasteiger partial charge >= 0.3 is 0 Å². The molecule has 0 fully saturated rings. The van der Waals surface area contributed by atoms with Crippen LogP contribution >= 0.6 is 34.4 Å². The zero-order valence-electron chi connectivity index (χ0n) is 15.2. The van der Waals surface area contributed by atoms with Crippen LogP contribution in [0, 0.1) is 3.57 Å². The molecule has 0 saturated heterocycles. The van der Waals surface area contributed by atoms with Crippen LogP contribution in [0.4, 0.5) is 5.69 Å². The maximum absolute atomic E-state index is 12.4. The third-order valence-electron chi connectivity index (χ3n) is 4.05. The molecule has 0 bridgehead atoms. The fraction of sp³-hybridized carbons (Fsp3) is 0.0476. The molecule has 0 unspecified atom stereocenters. The molecule has 0 atom stereocenters. The molecule has 0 radical (unpaired) electrons. The van der Waals surface area contributed by atoms with Crippen molar-refractivity contribution in [2.75, 3.05) is 11.1 Å². The Hall–Kier alpha value is -2.72. The summed E-state index contributed by atoms with van der Waals surface area (Å²) in [4.78, 5) is 16.5. The highest BCUT2D eigenvalue weighted by atomic mass is 127. The summed E-state index contributed by atoms with van der Waals surface area (Å²) in [6.07, 6.45) is 3.45. The van der Waals surface area contributed by atoms with Gasteiger partial charge in [0.15, 0.2) is 11.0 Å². The zero-order chi connectivity index (χ0) is 20.1. The first-order valence-electron chi connectivity index (χ1n) is 8.80. The number of aromatic nitrogens is 4. The highest BCUT2D eigenvalue weighted by Crippen LogP contribution is 2.27. The van der Waals surface area contributed by atoms with Gasteiger partial charge in [0.1, 0.15) is 0 Å². The van der Waals surface area contributed by atoms with E-state index in [1.807, 2.05) is 71.3 Å². The smallest absolute Gasteiger partial charge is 0.234 e. The first kappa shape index (κ1) is 19.6. The number of nitrogens with zero attached hydrogens (tertiary/aromatic N) is 4. The molecule has 0 saturated carbocycles. The van der Waals surface area contributed by atoms with Gasteiger partial charge in [-0.3, -0.25) is 14.3 Å². The van der Waals surface area contributed by atoms with Crippen molar-refractivity contribution < 1.29 is 4.79 Å². The van der Waals surface area contributed by atoms with E-state index in [9.17, 15) is 4.79 Å². The topological polar surface area (TPSA) is 72.7 Å². The molecule has 4 rings (SSSR count). The summed E-state index contributed by atoms with van der Waals surface area (Å²) < 4.78 is 3.08. The van der Waals surface area contributed by atoms with Gasteiger partial charge in [-0.25, -0.2) is 0 Å². The Labute approximate surface area is 185 Å². The number of hydrogen-bond donors (Lipinski definition) is 1. The number of anilines is 1. The Balaban J connectivity index is 1.56. The lowest BCUT2D eigenvalue weighted by Crippen LogP contribution is -2.14. The van der Waals surface area contributed by atoms with Crippen LogP contribution < -0.4 is 5.32 Å². The first-order chi connectivity index (χ1) is 14.2. The highest BCUT2D eigenvalue weighted by Gasteiger charge is 2.17. The molecule has 144 valence electrons. The molecular weight excluding hydrogens is 497 g/mol. The predicted octanol–water partition coefficient (Wildman–Crippen LogP) is 4.66. The van der Waals surface area contributed by atoms with Crippen LogP contribution in [-0.4, -0.2) is 31.4 Å². The summed E-state index contributed by atoms with van der Waals surface area (Å²) in [5.74, 6) is 0.844. The molecule has 0 aliphatic rings. The van der Waals surface area contributed by atoms with Gasteiger partial charge < -0.3 is 5.32 Å². The number of benzene rings is 2. The Bertz CT molecular complexity index is 1100. The third-order valence-corrected chi connectivity index (χ3v) is 5.69. The molecule has 0 aliphatic carbocycles. The van der Waals surface area contributed by atoms with Crippen molar-refractivity contribution in [3.8, 4) is 17.1 Å². The Morgan fingerprint density at radius 3 is 2.41 bits per heavy atom. The van der Waals surface area contributed by atoms with Crippen molar-refractivity contribution in [3.05, 3.63) is 82.7 Å². The Morgan fingerprint density at radius 2 is 1.69 bits per heavy atom. The van der Waals surface area contributed by atoms with Gasteiger partial charge in [0, 0.05) is 32.9 Å². The van der Waals surface area contributed by atoms with E-state index in [1.165, 1.54) is 11.8 Å². The molecule has 2 aromatic heterocycles. The molecule has 8 heteroatoms. The number of thioether (sulfide) groups is 1. The standard InChI is InChI=1S/C21H16IN5OS/c22-16-6-8-17(9-7-16)24-19(28)14-29-21-26-25-20(15-10-12-23-13-11-15)27(21)18-4-2-1-3-5-18/h1-13H,14H2,(H,24,28). The van der Waals surface area contributed by atoms with E-state index in [0.29, 0.717) is 11.0 Å². The maximum atomic E-state index is 12.4. The monoisotopic (exact) mass is 513 g/mol. The van der Waals surface area contributed by atoms with E-state index < -0.39 is 0 Å². The van der Waals surface area contributed by atoms with Crippen LogP contribution in [0.2, 0.25) is 0 Å². The van der Waals surface area contributed by atoms with Gasteiger partial charge in [0.25, 0.3) is 0 Å². The lowest BCUT2D eigenvalue weighted by atomic mass is 10.2. The Morgan fingerprint density at radius 1 is 0.966 bits per heavy atom. The number of pyridine rings is 1. The number of halogens is 1. The maximum Gasteiger partial charge on any atom is 0.234 e. The molecule has 0 spiro atoms. The van der Waals surface area contributed by atoms with Gasteiger partial charge in [-0.15, -0.1) is 10.2 Å². The average molecular weight is 513 g/mol. The van der Waals surface area contributed by atoms with E-state index >= 15 is 0 Å². The van der Waals surface area contributed by atoms with E-state index in [4.69, 9.17) is 0 Å². The Kier molecular flexibility index (Phi) is 6.20. The summed E-state index contributed by atoms with van der Waals surface area (Å²) in [7, 11) is 0. The lowest BCUT2D eigenvalue weighted by Gasteiger charge is -2.10. The molecule has 1 N–H and O–H groups in total. The van der Waals surface area contributed by atoms with Crippen LogP contribution in [0.1, 0.15) is 0 Å². The number of hydrogen-bond acceptors (Lipinski definition) is 5. The van der Waals surface area contributed by atoms with Gasteiger partial charge in [0.2, 0.25) is 5.91 Å². The van der Waals surface area contributed by atoms with Gasteiger partial charge in [0.05, 0.1) is 5.75 Å². The second-order valence-electron chi connectivity index (χ2n) is 6.06. The normalized spacial score (nSPS) is 10.7. The minimum Gasteiger partial charge on any atom is -0.325 e. The number of nitrogens with one attached hydrogen (secondary N) is 1. The second-order valence-corrected chi connectivity index (χ2v) is 8.24. The number of amides is 1. The van der Waals surface area contributed by atoms with Crippen LogP contribution in [-0.2, 0) is 4.79 Å². The first-order valence-corrected chi connectivity index (χ1v) is 10.9. The van der Waals surface area contributed by atoms with Gasteiger partial charge in [-0.1, -0.05) is 30.0 Å². The van der Waals surface area contributed by atoms with Crippen LogP contribution in [0.25, 0.3) is 17.1 Å². The molecule has 2 aromatic carbocycles. The second kappa shape index (κ2) is 9.19. The van der Waals surface area contributed by atoms with E-state index in [0.717, 1.165) is 20.5 Å². The van der Waals surface area contributed by atoms with Crippen molar-refractivity contribution in [1.82, 2.24) is 19.7 Å². The summed E-state index contributed by atoms with van der Waals surface area (Å²) in [6, 6.07) is 21.3. The fourth-order valence-electron chi connectivity index (χ4n) is 2.72. The van der Waals surface area contributed by atoms with Crippen LogP contribution in [0.5, 0.6) is 0 Å². The van der Waals surface area contributed by atoms with Crippen molar-refractivity contribution in [1.29, 1.82) is 0 Å². The minimum atomic E-state index is -0.0933. The highest BCUT2D eigenvalue weighted by molar-refractivity contribution is 14.1. The van der Waals surface area contributed by atoms with Crippen molar-refractivity contribution in [3.63, 3.8) is 0 Å². The van der Waals surface area contributed by atoms with E-state index in [1.54, 1.807) is 12.4 Å². The van der Waals surface area contributed by atoms with Crippen molar-refractivity contribution in [2.45, 2.75) is 5.16 Å². The molecule has 1 amide bonds. The van der Waals surface area contributed by atoms with Crippen LogP contribution in [0.15, 0.2) is 84.3 Å². The molecule has 0 aliphatic heterocycles. The summed E-state index contributed by atoms with van der Waals surface area (Å²) in [6.45, 7) is 0. The molecule has 2 heterocycles. The van der Waals surface area contributed by atoms with Crippen molar-refractivity contribution >= 4 is 45.9 Å². The summed E-state index contributed by atoms with van der Waals surface area (Å²) >= 11 is 3.58. The average Bonchev–Trinajstić information content (AvgIpc) is 3.19. The zero-order valence-corrected chi connectivity index (χ0v) is 18.2. The molecule has 6 nitrogen and oxygen atoms in total. The summed E-state index contributed by atoms with van der Waals surface area (Å²) in [5, 5.41) is 12.3. The molecule has 29 heavy (non-hydrogen) atoms. The summed E-state index contributed by atoms with van der Waals surface area (Å²) in [5.41, 5.74) is 2.62. The third kappa shape index (κ3) is 4.83. The number of para-hydroxylation sites is 1. The fourth-order valence-corrected chi connectivity index (χ4v) is 3.83. The van der Waals surface area contributed by atoms with Gasteiger partial charge in [-0.05, 0) is 71.1 Å². The van der Waals surface area contributed by atoms with E-state index in [2.05, 4.69) is 43.1 Å². The minimum absolute atomic E-state index is 0.0933. The largest absolute Gasteiger partial charge is 0.325 e. The van der Waals surface area contributed by atoms with Crippen molar-refractivity contribution in [2.24, 2.45) is 0 Å². The molecule has 4 aromatic rings. The number of rotatable bonds is 6. The number of carbonyl (C=O) groups excluding carboxylic acids is 1. The SMILES string of the molecule is O=C(CSc1nnc(-c2ccncc2)n1-c1ccccc1)Nc1ccc(I)cc1. The van der Waals surface area contributed by atoms with E-state index in [-0.39, 0.29) is 11.7 Å². The predicted molar refractivity (Wildman–Crippen MR) is 123 cm³/mol.